The lowest BCUT2D eigenvalue weighted by Gasteiger charge is -2.02. The smallest absolute Gasteiger partial charge is 0.314 e. The number of hydrogen-bond acceptors (Lipinski definition) is 5. The summed E-state index contributed by atoms with van der Waals surface area (Å²) in [6.45, 7) is 0. The van der Waals surface area contributed by atoms with Crippen LogP contribution in [-0.4, -0.2) is 20.2 Å². The summed E-state index contributed by atoms with van der Waals surface area (Å²) >= 11 is 6.05. The standard InChI is InChI=1S/C13H7ClF2N4O/c14-9-4-2-1-3-8(9)11-17-5-7(6-18-11)12-19-20-13(21-12)10(15)16/h1-6,10H. The lowest BCUT2D eigenvalue weighted by Crippen LogP contribution is -1.90. The Balaban J connectivity index is 1.92. The van der Waals surface area contributed by atoms with Gasteiger partial charge in [0, 0.05) is 18.0 Å². The molecule has 0 saturated heterocycles. The van der Waals surface area contributed by atoms with Gasteiger partial charge in [-0.25, -0.2) is 9.97 Å². The van der Waals surface area contributed by atoms with Crippen LogP contribution in [0.15, 0.2) is 41.1 Å². The van der Waals surface area contributed by atoms with E-state index in [1.807, 2.05) is 6.07 Å². The molecule has 0 unspecified atom stereocenters. The van der Waals surface area contributed by atoms with Crippen LogP contribution >= 0.6 is 11.6 Å². The SMILES string of the molecule is FC(F)c1nnc(-c2cnc(-c3ccccc3Cl)nc2)o1. The number of nitrogens with zero attached hydrogens (tertiary/aromatic N) is 4. The summed E-state index contributed by atoms with van der Waals surface area (Å²) in [5.41, 5.74) is 1.02. The van der Waals surface area contributed by atoms with E-state index in [1.54, 1.807) is 18.2 Å². The summed E-state index contributed by atoms with van der Waals surface area (Å²) in [6, 6.07) is 7.11. The fourth-order valence-electron chi connectivity index (χ4n) is 1.66. The zero-order valence-electron chi connectivity index (χ0n) is 10.4. The first-order valence-electron chi connectivity index (χ1n) is 5.84. The number of benzene rings is 1. The predicted octanol–water partition coefficient (Wildman–Crippen LogP) is 3.78. The third-order valence-electron chi connectivity index (χ3n) is 2.64. The highest BCUT2D eigenvalue weighted by atomic mass is 35.5. The minimum Gasteiger partial charge on any atom is -0.415 e. The van der Waals surface area contributed by atoms with E-state index in [1.165, 1.54) is 12.4 Å². The molecule has 106 valence electrons. The summed E-state index contributed by atoms with van der Waals surface area (Å²) in [6.07, 6.45) is 0.0117. The molecule has 0 aliphatic carbocycles. The van der Waals surface area contributed by atoms with Gasteiger partial charge >= 0.3 is 6.43 Å². The summed E-state index contributed by atoms with van der Waals surface area (Å²) in [7, 11) is 0. The van der Waals surface area contributed by atoms with E-state index in [9.17, 15) is 8.78 Å². The monoisotopic (exact) mass is 308 g/mol. The Bertz CT molecular complexity index is 761. The number of halogens is 3. The minimum atomic E-state index is -2.81. The number of aromatic nitrogens is 4. The Kier molecular flexibility index (Phi) is 3.57. The molecule has 0 N–H and O–H groups in total. The maximum Gasteiger partial charge on any atom is 0.314 e. The van der Waals surface area contributed by atoms with Crippen molar-refractivity contribution in [2.45, 2.75) is 6.43 Å². The normalized spacial score (nSPS) is 11.0. The third kappa shape index (κ3) is 2.73. The quantitative estimate of drug-likeness (QED) is 0.736. The summed E-state index contributed by atoms with van der Waals surface area (Å²) < 4.78 is 29.6. The fourth-order valence-corrected chi connectivity index (χ4v) is 1.88. The molecule has 0 saturated carbocycles. The molecule has 8 heteroatoms. The Morgan fingerprint density at radius 2 is 1.76 bits per heavy atom. The molecule has 0 aliphatic heterocycles. The zero-order valence-corrected chi connectivity index (χ0v) is 11.1. The predicted molar refractivity (Wildman–Crippen MR) is 70.7 cm³/mol. The van der Waals surface area contributed by atoms with Gasteiger partial charge in [0.2, 0.25) is 0 Å². The van der Waals surface area contributed by atoms with Gasteiger partial charge in [-0.05, 0) is 12.1 Å². The van der Waals surface area contributed by atoms with Gasteiger partial charge in [-0.15, -0.1) is 10.2 Å². The van der Waals surface area contributed by atoms with Gasteiger partial charge in [0.05, 0.1) is 10.6 Å². The van der Waals surface area contributed by atoms with E-state index in [-0.39, 0.29) is 5.89 Å². The van der Waals surface area contributed by atoms with Crippen molar-refractivity contribution in [3.05, 3.63) is 47.6 Å². The van der Waals surface area contributed by atoms with Gasteiger partial charge in [-0.1, -0.05) is 23.7 Å². The second-order valence-electron chi connectivity index (χ2n) is 4.02. The highest BCUT2D eigenvalue weighted by Crippen LogP contribution is 2.26. The van der Waals surface area contributed by atoms with Crippen LogP contribution in [-0.2, 0) is 0 Å². The van der Waals surface area contributed by atoms with Gasteiger partial charge in [0.25, 0.3) is 11.8 Å². The largest absolute Gasteiger partial charge is 0.415 e. The molecule has 3 aromatic rings. The van der Waals surface area contributed by atoms with Crippen LogP contribution in [0.1, 0.15) is 12.3 Å². The third-order valence-corrected chi connectivity index (χ3v) is 2.97. The van der Waals surface area contributed by atoms with Crippen LogP contribution in [0, 0.1) is 0 Å². The maximum atomic E-state index is 12.4. The van der Waals surface area contributed by atoms with E-state index in [2.05, 4.69) is 20.2 Å². The Labute approximate surface area is 122 Å². The molecule has 2 aromatic heterocycles. The lowest BCUT2D eigenvalue weighted by atomic mass is 10.2. The molecule has 1 aromatic carbocycles. The molecular formula is C13H7ClF2N4O. The first-order valence-corrected chi connectivity index (χ1v) is 6.22. The van der Waals surface area contributed by atoms with Crippen molar-refractivity contribution in [3.63, 3.8) is 0 Å². The van der Waals surface area contributed by atoms with Crippen LogP contribution in [0.2, 0.25) is 5.02 Å². The summed E-state index contributed by atoms with van der Waals surface area (Å²) in [5.74, 6) is -0.380. The highest BCUT2D eigenvalue weighted by Gasteiger charge is 2.17. The molecule has 0 spiro atoms. The Hall–Kier alpha value is -2.41. The molecule has 0 fully saturated rings. The van der Waals surface area contributed by atoms with E-state index in [4.69, 9.17) is 16.0 Å². The van der Waals surface area contributed by atoms with Crippen molar-refractivity contribution in [3.8, 4) is 22.8 Å². The molecular weight excluding hydrogens is 302 g/mol. The molecule has 0 radical (unpaired) electrons. The van der Waals surface area contributed by atoms with E-state index in [0.29, 0.717) is 22.0 Å². The fraction of sp³-hybridized carbons (Fsp3) is 0.0769. The van der Waals surface area contributed by atoms with Crippen LogP contribution in [0.4, 0.5) is 8.78 Å². The number of alkyl halides is 2. The Morgan fingerprint density at radius 1 is 1.05 bits per heavy atom. The second-order valence-corrected chi connectivity index (χ2v) is 4.43. The van der Waals surface area contributed by atoms with Crippen LogP contribution in [0.3, 0.4) is 0 Å². The maximum absolute atomic E-state index is 12.4. The zero-order chi connectivity index (χ0) is 14.8. The van der Waals surface area contributed by atoms with Gasteiger partial charge in [0.1, 0.15) is 0 Å². The molecule has 0 aliphatic rings. The Morgan fingerprint density at radius 3 is 2.38 bits per heavy atom. The van der Waals surface area contributed by atoms with Crippen molar-refractivity contribution < 1.29 is 13.2 Å². The highest BCUT2D eigenvalue weighted by molar-refractivity contribution is 6.33. The topological polar surface area (TPSA) is 64.7 Å². The van der Waals surface area contributed by atoms with Gasteiger partial charge in [-0.3, -0.25) is 0 Å². The van der Waals surface area contributed by atoms with E-state index < -0.39 is 12.3 Å². The van der Waals surface area contributed by atoms with Crippen LogP contribution < -0.4 is 0 Å². The molecule has 0 bridgehead atoms. The number of hydrogen-bond donors (Lipinski definition) is 0. The molecule has 3 rings (SSSR count). The molecule has 21 heavy (non-hydrogen) atoms. The first-order chi connectivity index (χ1) is 10.1. The molecule has 2 heterocycles. The van der Waals surface area contributed by atoms with Crippen molar-refractivity contribution in [2.24, 2.45) is 0 Å². The van der Waals surface area contributed by atoms with Crippen molar-refractivity contribution in [1.82, 2.24) is 20.2 Å². The van der Waals surface area contributed by atoms with Crippen LogP contribution in [0.25, 0.3) is 22.8 Å². The van der Waals surface area contributed by atoms with Gasteiger partial charge < -0.3 is 4.42 Å². The molecule has 0 atom stereocenters. The van der Waals surface area contributed by atoms with Crippen molar-refractivity contribution >= 4 is 11.6 Å². The summed E-state index contributed by atoms with van der Waals surface area (Å²) in [5, 5.41) is 7.29. The lowest BCUT2D eigenvalue weighted by molar-refractivity contribution is 0.116. The summed E-state index contributed by atoms with van der Waals surface area (Å²) in [4.78, 5) is 8.26. The van der Waals surface area contributed by atoms with Crippen molar-refractivity contribution in [2.75, 3.05) is 0 Å². The van der Waals surface area contributed by atoms with Gasteiger partial charge in [-0.2, -0.15) is 8.78 Å². The average molecular weight is 309 g/mol. The first kappa shape index (κ1) is 13.6. The molecule has 5 nitrogen and oxygen atoms in total. The van der Waals surface area contributed by atoms with Gasteiger partial charge in [0.15, 0.2) is 5.82 Å². The second kappa shape index (κ2) is 5.53. The number of rotatable bonds is 3. The van der Waals surface area contributed by atoms with Crippen LogP contribution in [0.5, 0.6) is 0 Å². The minimum absolute atomic E-state index is 0.0593. The van der Waals surface area contributed by atoms with E-state index >= 15 is 0 Å². The van der Waals surface area contributed by atoms with E-state index in [0.717, 1.165) is 0 Å². The van der Waals surface area contributed by atoms with Crippen molar-refractivity contribution in [1.29, 1.82) is 0 Å². The molecule has 0 amide bonds. The average Bonchev–Trinajstić information content (AvgIpc) is 2.98.